The molecule has 0 spiro atoms. The van der Waals surface area contributed by atoms with E-state index in [0.717, 1.165) is 51.0 Å². The molecule has 0 radical (unpaired) electrons. The van der Waals surface area contributed by atoms with Gasteiger partial charge in [-0.05, 0) is 38.0 Å². The zero-order valence-corrected chi connectivity index (χ0v) is 15.5. The van der Waals surface area contributed by atoms with Crippen molar-refractivity contribution in [2.24, 2.45) is 22.2 Å². The van der Waals surface area contributed by atoms with Crippen LogP contribution in [0.4, 0.5) is 0 Å². The van der Waals surface area contributed by atoms with Crippen LogP contribution in [-0.2, 0) is 9.47 Å². The van der Waals surface area contributed by atoms with Gasteiger partial charge in [-0.1, -0.05) is 13.8 Å². The smallest absolute Gasteiger partial charge is 0.193 e. The number of nitrogens with one attached hydrogen (secondary N) is 1. The fourth-order valence-electron chi connectivity index (χ4n) is 4.84. The Hall–Kier alpha value is -0.810. The molecular weight excluding hydrogens is 302 g/mol. The van der Waals surface area contributed by atoms with Gasteiger partial charge in [0.25, 0.3) is 0 Å². The van der Waals surface area contributed by atoms with Crippen molar-refractivity contribution in [1.82, 2.24) is 10.2 Å². The first kappa shape index (κ1) is 16.6. The van der Waals surface area contributed by atoms with Gasteiger partial charge in [0.05, 0.1) is 12.2 Å². The summed E-state index contributed by atoms with van der Waals surface area (Å²) in [5.41, 5.74) is 0.197. The summed E-state index contributed by atoms with van der Waals surface area (Å²) in [7, 11) is 1.91. The van der Waals surface area contributed by atoms with Gasteiger partial charge in [-0.2, -0.15) is 0 Å². The minimum atomic E-state index is 0.197. The van der Waals surface area contributed by atoms with Gasteiger partial charge in [0.15, 0.2) is 5.96 Å². The van der Waals surface area contributed by atoms with Gasteiger partial charge < -0.3 is 19.7 Å². The Morgan fingerprint density at radius 2 is 1.96 bits per heavy atom. The zero-order chi connectivity index (χ0) is 16.7. The zero-order valence-electron chi connectivity index (χ0n) is 15.5. The Morgan fingerprint density at radius 3 is 2.62 bits per heavy atom. The topological polar surface area (TPSA) is 46.1 Å². The number of aliphatic imine (C=N–C) groups is 1. The van der Waals surface area contributed by atoms with Gasteiger partial charge in [0, 0.05) is 50.7 Å². The summed E-state index contributed by atoms with van der Waals surface area (Å²) in [6, 6.07) is 0.479. The molecule has 0 amide bonds. The SMILES string of the molecule is CN=C(NC1C2CCOC2C1(C)C)N1CCC(OCC2CC2)CC1. The van der Waals surface area contributed by atoms with E-state index in [1.54, 1.807) is 0 Å². The number of likely N-dealkylation sites (tertiary alicyclic amines) is 1. The van der Waals surface area contributed by atoms with Crippen LogP contribution >= 0.6 is 0 Å². The highest BCUT2D eigenvalue weighted by Gasteiger charge is 2.59. The molecule has 3 unspecified atom stereocenters. The van der Waals surface area contributed by atoms with E-state index >= 15 is 0 Å². The maximum atomic E-state index is 6.07. The molecule has 2 saturated carbocycles. The lowest BCUT2D eigenvalue weighted by Gasteiger charge is -2.55. The summed E-state index contributed by atoms with van der Waals surface area (Å²) in [6.45, 7) is 8.64. The Balaban J connectivity index is 1.28. The van der Waals surface area contributed by atoms with Crippen molar-refractivity contribution in [2.45, 2.75) is 64.2 Å². The van der Waals surface area contributed by atoms with Crippen LogP contribution < -0.4 is 5.32 Å². The Kier molecular flexibility index (Phi) is 4.50. The average Bonchev–Trinajstić information content (AvgIpc) is 3.30. The van der Waals surface area contributed by atoms with E-state index in [0.29, 0.717) is 24.2 Å². The van der Waals surface area contributed by atoms with E-state index in [1.807, 2.05) is 7.05 Å². The van der Waals surface area contributed by atoms with Crippen molar-refractivity contribution in [1.29, 1.82) is 0 Å². The van der Waals surface area contributed by atoms with Gasteiger partial charge >= 0.3 is 0 Å². The van der Waals surface area contributed by atoms with Crippen LogP contribution in [0.2, 0.25) is 0 Å². The number of hydrogen-bond donors (Lipinski definition) is 1. The molecule has 4 rings (SSSR count). The van der Waals surface area contributed by atoms with Crippen molar-refractivity contribution in [3.63, 3.8) is 0 Å². The summed E-state index contributed by atoms with van der Waals surface area (Å²) in [4.78, 5) is 6.99. The van der Waals surface area contributed by atoms with Crippen LogP contribution in [-0.4, -0.2) is 62.5 Å². The molecule has 2 aliphatic carbocycles. The van der Waals surface area contributed by atoms with Crippen molar-refractivity contribution in [3.05, 3.63) is 0 Å². The number of ether oxygens (including phenoxy) is 2. The maximum Gasteiger partial charge on any atom is 0.193 e. The van der Waals surface area contributed by atoms with E-state index in [9.17, 15) is 0 Å². The Morgan fingerprint density at radius 1 is 1.21 bits per heavy atom. The average molecular weight is 335 g/mol. The van der Waals surface area contributed by atoms with Crippen LogP contribution in [0.5, 0.6) is 0 Å². The second-order valence-electron chi connectivity index (χ2n) is 8.70. The predicted octanol–water partition coefficient (Wildman–Crippen LogP) is 2.27. The Labute approximate surface area is 146 Å². The van der Waals surface area contributed by atoms with Crippen molar-refractivity contribution in [3.8, 4) is 0 Å². The highest BCUT2D eigenvalue weighted by Crippen LogP contribution is 2.52. The number of hydrogen-bond acceptors (Lipinski definition) is 3. The predicted molar refractivity (Wildman–Crippen MR) is 95.2 cm³/mol. The first-order valence-corrected chi connectivity index (χ1v) is 9.81. The Bertz CT molecular complexity index is 481. The lowest BCUT2D eigenvalue weighted by Crippen LogP contribution is -2.68. The van der Waals surface area contributed by atoms with E-state index in [4.69, 9.17) is 9.47 Å². The summed E-state index contributed by atoms with van der Waals surface area (Å²) in [6.07, 6.45) is 7.05. The van der Waals surface area contributed by atoms with Crippen LogP contribution in [0.25, 0.3) is 0 Å². The van der Waals surface area contributed by atoms with Crippen LogP contribution in [0.3, 0.4) is 0 Å². The molecule has 0 aromatic heterocycles. The first-order valence-electron chi connectivity index (χ1n) is 9.81. The molecule has 3 atom stereocenters. The number of guanidine groups is 1. The van der Waals surface area contributed by atoms with Crippen molar-refractivity contribution in [2.75, 3.05) is 33.4 Å². The number of fused-ring (bicyclic) bond motifs is 1. The number of rotatable bonds is 4. The molecule has 5 nitrogen and oxygen atoms in total. The van der Waals surface area contributed by atoms with Crippen LogP contribution in [0, 0.1) is 17.3 Å². The summed E-state index contributed by atoms with van der Waals surface area (Å²) < 4.78 is 12.0. The van der Waals surface area contributed by atoms with Crippen molar-refractivity contribution < 1.29 is 9.47 Å². The third kappa shape index (κ3) is 3.05. The van der Waals surface area contributed by atoms with Gasteiger partial charge in [-0.25, -0.2) is 0 Å². The van der Waals surface area contributed by atoms with Gasteiger partial charge in [-0.3, -0.25) is 4.99 Å². The molecule has 136 valence electrons. The van der Waals surface area contributed by atoms with E-state index in [-0.39, 0.29) is 5.41 Å². The fourth-order valence-corrected chi connectivity index (χ4v) is 4.84. The summed E-state index contributed by atoms with van der Waals surface area (Å²) in [5, 5.41) is 3.76. The summed E-state index contributed by atoms with van der Waals surface area (Å²) in [5.74, 6) is 2.58. The molecule has 2 aliphatic heterocycles. The van der Waals surface area contributed by atoms with Gasteiger partial charge in [-0.15, -0.1) is 0 Å². The standard InChI is InChI=1S/C19H33N3O2/c1-19(2)16(15-8-11-23-17(15)19)21-18(20-3)22-9-6-14(7-10-22)24-12-13-4-5-13/h13-17H,4-12H2,1-3H3,(H,20,21). The second-order valence-corrected chi connectivity index (χ2v) is 8.70. The van der Waals surface area contributed by atoms with Crippen molar-refractivity contribution >= 4 is 5.96 Å². The quantitative estimate of drug-likeness (QED) is 0.632. The lowest BCUT2D eigenvalue weighted by atomic mass is 9.57. The molecule has 0 aromatic carbocycles. The molecule has 1 N–H and O–H groups in total. The third-order valence-corrected chi connectivity index (χ3v) is 6.60. The minimum Gasteiger partial charge on any atom is -0.378 e. The molecular formula is C19H33N3O2. The fraction of sp³-hybridized carbons (Fsp3) is 0.947. The first-order chi connectivity index (χ1) is 11.6. The number of piperidine rings is 1. The molecule has 0 bridgehead atoms. The normalized spacial score (nSPS) is 36.4. The largest absolute Gasteiger partial charge is 0.378 e. The molecule has 2 heterocycles. The lowest BCUT2D eigenvalue weighted by molar-refractivity contribution is -0.107. The molecule has 0 aromatic rings. The highest BCUT2D eigenvalue weighted by atomic mass is 16.5. The summed E-state index contributed by atoms with van der Waals surface area (Å²) >= 11 is 0. The highest BCUT2D eigenvalue weighted by molar-refractivity contribution is 5.80. The van der Waals surface area contributed by atoms with Crippen LogP contribution in [0.15, 0.2) is 4.99 Å². The monoisotopic (exact) mass is 335 g/mol. The van der Waals surface area contributed by atoms with Gasteiger partial charge in [0.2, 0.25) is 0 Å². The molecule has 24 heavy (non-hydrogen) atoms. The molecule has 4 fully saturated rings. The molecule has 2 saturated heterocycles. The van der Waals surface area contributed by atoms with E-state index in [1.165, 1.54) is 19.3 Å². The third-order valence-electron chi connectivity index (χ3n) is 6.60. The molecule has 4 aliphatic rings. The molecule has 5 heteroatoms. The van der Waals surface area contributed by atoms with Gasteiger partial charge in [0.1, 0.15) is 0 Å². The maximum absolute atomic E-state index is 6.07. The van der Waals surface area contributed by atoms with Crippen LogP contribution in [0.1, 0.15) is 46.0 Å². The second kappa shape index (κ2) is 6.49. The van der Waals surface area contributed by atoms with E-state index < -0.39 is 0 Å². The minimum absolute atomic E-state index is 0.197. The van der Waals surface area contributed by atoms with E-state index in [2.05, 4.69) is 29.1 Å². The number of nitrogens with zero attached hydrogens (tertiary/aromatic N) is 2.